The van der Waals surface area contributed by atoms with Gasteiger partial charge in [-0.15, -0.1) is 0 Å². The Hall–Kier alpha value is -7.69. The molecule has 11 rings (SSSR count). The molecule has 2 heterocycles. The van der Waals surface area contributed by atoms with Gasteiger partial charge in [0.2, 0.25) is 0 Å². The van der Waals surface area contributed by atoms with Crippen LogP contribution in [0.2, 0.25) is 0 Å². The standard InChI is InChI=1S/C53H33N3O/c1-3-12-34(13-4-1)36-22-27-39(28-23-36)52-54-51(38-15-5-2-6-16-38)55-53(56-52)40-29-25-37(26-30-40)46-33-47-49-43(42-31-24-35-14-7-8-17-41(35)32-42)20-11-21-48(49)57-50(47)45-19-10-9-18-44(45)46/h1-33H. The SMILES string of the molecule is c1ccc(-c2ccc(-c3nc(-c4ccccc4)nc(-c4ccc(-c5cc6c(oc7cccc(-c8ccc9ccccc9c8)c76)c6ccccc56)cc4)n3)cc2)cc1. The van der Waals surface area contributed by atoms with Crippen molar-refractivity contribution in [2.45, 2.75) is 0 Å². The molecule has 2 aromatic heterocycles. The average molecular weight is 728 g/mol. The highest BCUT2D eigenvalue weighted by atomic mass is 16.3. The molecule has 0 radical (unpaired) electrons. The summed E-state index contributed by atoms with van der Waals surface area (Å²) < 4.78 is 6.69. The molecule has 266 valence electrons. The fourth-order valence-corrected chi connectivity index (χ4v) is 8.08. The highest BCUT2D eigenvalue weighted by molar-refractivity contribution is 6.22. The molecule has 0 aliphatic rings. The van der Waals surface area contributed by atoms with Gasteiger partial charge < -0.3 is 4.42 Å². The zero-order chi connectivity index (χ0) is 37.7. The third-order valence-corrected chi connectivity index (χ3v) is 10.9. The van der Waals surface area contributed by atoms with Crippen LogP contribution >= 0.6 is 0 Å². The van der Waals surface area contributed by atoms with Crippen molar-refractivity contribution in [1.29, 1.82) is 0 Å². The third kappa shape index (κ3) is 5.83. The van der Waals surface area contributed by atoms with E-state index < -0.39 is 0 Å². The Kier molecular flexibility index (Phi) is 7.78. The summed E-state index contributed by atoms with van der Waals surface area (Å²) in [4.78, 5) is 15.0. The van der Waals surface area contributed by atoms with Crippen LogP contribution < -0.4 is 0 Å². The zero-order valence-corrected chi connectivity index (χ0v) is 30.8. The maximum absolute atomic E-state index is 6.69. The summed E-state index contributed by atoms with van der Waals surface area (Å²) in [5.74, 6) is 1.89. The smallest absolute Gasteiger partial charge is 0.164 e. The molecule has 0 aliphatic carbocycles. The second kappa shape index (κ2) is 13.6. The molecule has 0 saturated carbocycles. The maximum atomic E-state index is 6.69. The Balaban J connectivity index is 1.03. The normalized spacial score (nSPS) is 11.5. The van der Waals surface area contributed by atoms with E-state index in [0.717, 1.165) is 71.7 Å². The summed E-state index contributed by atoms with van der Waals surface area (Å²) >= 11 is 0. The van der Waals surface area contributed by atoms with Crippen molar-refractivity contribution in [1.82, 2.24) is 15.0 Å². The largest absolute Gasteiger partial charge is 0.455 e. The van der Waals surface area contributed by atoms with E-state index in [4.69, 9.17) is 19.4 Å². The van der Waals surface area contributed by atoms with Gasteiger partial charge in [0.05, 0.1) is 0 Å². The molecule has 0 unspecified atom stereocenters. The summed E-state index contributed by atoms with van der Waals surface area (Å²) in [5, 5.41) is 6.88. The van der Waals surface area contributed by atoms with Crippen molar-refractivity contribution in [3.63, 3.8) is 0 Å². The maximum Gasteiger partial charge on any atom is 0.164 e. The molecule has 9 aromatic carbocycles. The molecule has 0 N–H and O–H groups in total. The van der Waals surface area contributed by atoms with Crippen molar-refractivity contribution in [2.24, 2.45) is 0 Å². The van der Waals surface area contributed by atoms with Crippen LogP contribution in [0.3, 0.4) is 0 Å². The fraction of sp³-hybridized carbons (Fsp3) is 0. The lowest BCUT2D eigenvalue weighted by molar-refractivity contribution is 0.673. The Bertz CT molecular complexity index is 3260. The lowest BCUT2D eigenvalue weighted by Crippen LogP contribution is -2.00. The fourth-order valence-electron chi connectivity index (χ4n) is 8.08. The molecule has 57 heavy (non-hydrogen) atoms. The number of hydrogen-bond donors (Lipinski definition) is 0. The van der Waals surface area contributed by atoms with E-state index in [-0.39, 0.29) is 0 Å². The number of benzene rings is 9. The molecular formula is C53H33N3O. The first-order valence-corrected chi connectivity index (χ1v) is 19.2. The molecular weight excluding hydrogens is 695 g/mol. The highest BCUT2D eigenvalue weighted by Crippen LogP contribution is 2.43. The van der Waals surface area contributed by atoms with Gasteiger partial charge in [-0.2, -0.15) is 0 Å². The van der Waals surface area contributed by atoms with E-state index >= 15 is 0 Å². The summed E-state index contributed by atoms with van der Waals surface area (Å²) in [6.07, 6.45) is 0. The van der Waals surface area contributed by atoms with Crippen LogP contribution in [0.25, 0.3) is 111 Å². The second-order valence-electron chi connectivity index (χ2n) is 14.4. The molecule has 0 spiro atoms. The quantitative estimate of drug-likeness (QED) is 0.171. The van der Waals surface area contributed by atoms with Gasteiger partial charge in [-0.25, -0.2) is 15.0 Å². The zero-order valence-electron chi connectivity index (χ0n) is 30.8. The van der Waals surface area contributed by atoms with Crippen LogP contribution in [0, 0.1) is 0 Å². The van der Waals surface area contributed by atoms with Gasteiger partial charge in [-0.1, -0.05) is 182 Å². The van der Waals surface area contributed by atoms with Crippen molar-refractivity contribution in [2.75, 3.05) is 0 Å². The molecule has 0 bridgehead atoms. The summed E-state index contributed by atoms with van der Waals surface area (Å²) in [7, 11) is 0. The summed E-state index contributed by atoms with van der Waals surface area (Å²) in [5.41, 5.74) is 11.4. The van der Waals surface area contributed by atoms with E-state index in [1.807, 2.05) is 36.4 Å². The Morgan fingerprint density at radius 2 is 0.807 bits per heavy atom. The van der Waals surface area contributed by atoms with E-state index in [1.54, 1.807) is 0 Å². The van der Waals surface area contributed by atoms with Gasteiger partial charge in [-0.3, -0.25) is 0 Å². The molecule has 11 aromatic rings. The summed E-state index contributed by atoms with van der Waals surface area (Å²) in [6.45, 7) is 0. The van der Waals surface area contributed by atoms with E-state index in [0.29, 0.717) is 17.5 Å². The minimum absolute atomic E-state index is 0.624. The lowest BCUT2D eigenvalue weighted by Gasteiger charge is -2.11. The first kappa shape index (κ1) is 32.7. The first-order valence-electron chi connectivity index (χ1n) is 19.2. The monoisotopic (exact) mass is 727 g/mol. The Morgan fingerprint density at radius 1 is 0.298 bits per heavy atom. The first-order chi connectivity index (χ1) is 28.2. The van der Waals surface area contributed by atoms with Crippen molar-refractivity contribution < 1.29 is 4.42 Å². The number of furan rings is 1. The van der Waals surface area contributed by atoms with Crippen LogP contribution in [0.5, 0.6) is 0 Å². The minimum Gasteiger partial charge on any atom is -0.455 e. The van der Waals surface area contributed by atoms with Gasteiger partial charge in [0, 0.05) is 32.8 Å². The number of rotatable bonds is 6. The van der Waals surface area contributed by atoms with Crippen molar-refractivity contribution >= 4 is 43.5 Å². The van der Waals surface area contributed by atoms with E-state index in [2.05, 4.69) is 164 Å². The predicted octanol–water partition coefficient (Wildman–Crippen LogP) is 14.1. The second-order valence-corrected chi connectivity index (χ2v) is 14.4. The van der Waals surface area contributed by atoms with Crippen LogP contribution in [0.4, 0.5) is 0 Å². The molecule has 0 fully saturated rings. The Morgan fingerprint density at radius 3 is 1.49 bits per heavy atom. The van der Waals surface area contributed by atoms with Gasteiger partial charge >= 0.3 is 0 Å². The van der Waals surface area contributed by atoms with E-state index in [9.17, 15) is 0 Å². The van der Waals surface area contributed by atoms with Gasteiger partial charge in [0.1, 0.15) is 11.2 Å². The Labute approximate surface area is 329 Å². The number of nitrogens with zero attached hydrogens (tertiary/aromatic N) is 3. The molecule has 0 saturated heterocycles. The van der Waals surface area contributed by atoms with Crippen molar-refractivity contribution in [3.05, 3.63) is 200 Å². The molecule has 0 amide bonds. The van der Waals surface area contributed by atoms with Crippen LogP contribution in [-0.4, -0.2) is 15.0 Å². The molecule has 4 heteroatoms. The number of fused-ring (bicyclic) bond motifs is 6. The van der Waals surface area contributed by atoms with Crippen LogP contribution in [0.1, 0.15) is 0 Å². The molecule has 0 atom stereocenters. The minimum atomic E-state index is 0.624. The van der Waals surface area contributed by atoms with Gasteiger partial charge in [0.15, 0.2) is 17.5 Å². The average Bonchev–Trinajstić information content (AvgIpc) is 3.68. The predicted molar refractivity (Wildman–Crippen MR) is 235 cm³/mol. The highest BCUT2D eigenvalue weighted by Gasteiger charge is 2.19. The topological polar surface area (TPSA) is 51.8 Å². The van der Waals surface area contributed by atoms with Crippen molar-refractivity contribution in [3.8, 4) is 67.5 Å². The van der Waals surface area contributed by atoms with Gasteiger partial charge in [0.25, 0.3) is 0 Å². The third-order valence-electron chi connectivity index (χ3n) is 10.9. The van der Waals surface area contributed by atoms with E-state index in [1.165, 1.54) is 21.9 Å². The summed E-state index contributed by atoms with van der Waals surface area (Å²) in [6, 6.07) is 69.9. The van der Waals surface area contributed by atoms with Crippen LogP contribution in [-0.2, 0) is 0 Å². The van der Waals surface area contributed by atoms with Gasteiger partial charge in [-0.05, 0) is 67.7 Å². The van der Waals surface area contributed by atoms with Crippen LogP contribution in [0.15, 0.2) is 205 Å². The number of hydrogen-bond acceptors (Lipinski definition) is 4. The molecule has 4 nitrogen and oxygen atoms in total. The lowest BCUT2D eigenvalue weighted by atomic mass is 9.92. The molecule has 0 aliphatic heterocycles. The number of aromatic nitrogens is 3.